The number of hydrogen-bond donors (Lipinski definition) is 0. The Balaban J connectivity index is 0. The van der Waals surface area contributed by atoms with Crippen molar-refractivity contribution in [3.05, 3.63) is 0 Å². The first-order valence-corrected chi connectivity index (χ1v) is 4.40. The quantitative estimate of drug-likeness (QED) is 0.380. The fourth-order valence-corrected chi connectivity index (χ4v) is 0. The molecule has 32 valence electrons. The summed E-state index contributed by atoms with van der Waals surface area (Å²) in [5, 5.41) is 1.38. The van der Waals surface area contributed by atoms with Crippen LogP contribution in [-0.4, -0.2) is 0 Å². The second-order valence-corrected chi connectivity index (χ2v) is 2.82. The van der Waals surface area contributed by atoms with E-state index in [1.165, 1.54) is 23.3 Å². The topological polar surface area (TPSA) is 40.1 Å². The van der Waals surface area contributed by atoms with Crippen LogP contribution < -0.4 is 4.89 Å². The summed E-state index contributed by atoms with van der Waals surface area (Å²) in [6.07, 6.45) is 0. The van der Waals surface area contributed by atoms with Gasteiger partial charge in [-0.2, -0.15) is 0 Å². The van der Waals surface area contributed by atoms with Crippen molar-refractivity contribution in [2.24, 2.45) is 0 Å². The van der Waals surface area contributed by atoms with Gasteiger partial charge in [0.15, 0.2) is 0 Å². The fraction of sp³-hybridized carbons (Fsp3) is 1.00. The molecule has 0 aliphatic heterocycles. The molecule has 0 saturated carbocycles. The summed E-state index contributed by atoms with van der Waals surface area (Å²) in [5.41, 5.74) is 0. The van der Waals surface area contributed by atoms with Crippen LogP contribution in [0.4, 0.5) is 0 Å². The Morgan fingerprint density at radius 1 is 2.00 bits per heavy atom. The molecule has 0 bridgehead atoms. The monoisotopic (exact) mass is 156 g/mol. The van der Waals surface area contributed by atoms with Crippen molar-refractivity contribution in [1.29, 1.82) is 0 Å². The number of hydrogen-bond acceptors (Lipinski definition) is 2. The molecule has 2 nitrogen and oxygen atoms in total. The van der Waals surface area contributed by atoms with E-state index in [0.717, 1.165) is 0 Å². The average molecular weight is 157 g/mol. The first-order chi connectivity index (χ1) is 2.83. The van der Waals surface area contributed by atoms with Crippen molar-refractivity contribution in [1.82, 2.24) is 0 Å². The average Bonchev–Trinajstić information content (AvgIpc) is 1.39. The Morgan fingerprint density at radius 3 is 2.00 bits per heavy atom. The van der Waals surface area contributed by atoms with Gasteiger partial charge in [0.1, 0.15) is 0 Å². The second-order valence-electron chi connectivity index (χ2n) is 0.575. The molecule has 0 saturated heterocycles. The van der Waals surface area contributed by atoms with Gasteiger partial charge in [0.25, 0.3) is 0 Å². The third-order valence-electron chi connectivity index (χ3n) is 0. The minimum Gasteiger partial charge on any atom is -0.772 e. The molecule has 0 atom stereocenters. The zero-order chi connectivity index (χ0) is 5.41. The molecule has 0 aliphatic carbocycles. The van der Waals surface area contributed by atoms with E-state index in [-0.39, 0.29) is 0 Å². The Kier molecular flexibility index (Phi) is 28.4. The maximum absolute atomic E-state index is 8.35. The van der Waals surface area contributed by atoms with Crippen molar-refractivity contribution in [2.45, 2.75) is 11.9 Å². The van der Waals surface area contributed by atoms with Crippen molar-refractivity contribution < 1.29 is 27.8 Å². The van der Waals surface area contributed by atoms with Crippen molar-refractivity contribution in [3.8, 4) is 0 Å². The largest absolute Gasteiger partial charge is 0.772 e. The van der Waals surface area contributed by atoms with Gasteiger partial charge in [-0.1, -0.05) is 0 Å². The molecular formula is C2H5O2PZn. The predicted molar refractivity (Wildman–Crippen MR) is 18.1 cm³/mol. The smallest absolute Gasteiger partial charge is 0.0642 e. The van der Waals surface area contributed by atoms with Gasteiger partial charge < -0.3 is 4.89 Å². The van der Waals surface area contributed by atoms with Gasteiger partial charge in [-0.15, -0.1) is 0 Å². The molecule has 0 N–H and O–H groups in total. The maximum Gasteiger partial charge on any atom is 0.0642 e. The van der Waals surface area contributed by atoms with Crippen LogP contribution in [0.3, 0.4) is 0 Å². The molecular weight excluding hydrogens is 152 g/mol. The van der Waals surface area contributed by atoms with Crippen LogP contribution in [0.5, 0.6) is 0 Å². The van der Waals surface area contributed by atoms with Crippen LogP contribution in [0.15, 0.2) is 0 Å². The molecule has 0 heterocycles. The minimum absolute atomic E-state index is 1.08. The summed E-state index contributed by atoms with van der Waals surface area (Å²) < 4.78 is 8.35. The SMILES string of the molecule is C[CH2][Zn+].O=P[O-]. The van der Waals surface area contributed by atoms with Crippen LogP contribution in [0, 0.1) is 0 Å². The molecule has 0 aromatic rings. The van der Waals surface area contributed by atoms with Gasteiger partial charge in [0, 0.05) is 0 Å². The Labute approximate surface area is 48.9 Å². The molecule has 0 aliphatic rings. The molecule has 0 rings (SSSR count). The third-order valence-corrected chi connectivity index (χ3v) is 0. The van der Waals surface area contributed by atoms with E-state index in [9.17, 15) is 0 Å². The van der Waals surface area contributed by atoms with Crippen LogP contribution in [0.2, 0.25) is 5.02 Å². The maximum atomic E-state index is 8.35. The molecule has 0 radical (unpaired) electrons. The van der Waals surface area contributed by atoms with Crippen LogP contribution >= 0.6 is 8.69 Å². The summed E-state index contributed by atoms with van der Waals surface area (Å²) in [4.78, 5) is 8.35. The van der Waals surface area contributed by atoms with Gasteiger partial charge in [-0.25, -0.2) is 0 Å². The van der Waals surface area contributed by atoms with Crippen LogP contribution in [0.25, 0.3) is 0 Å². The minimum atomic E-state index is -1.08. The van der Waals surface area contributed by atoms with Crippen LogP contribution in [0.1, 0.15) is 6.92 Å². The van der Waals surface area contributed by atoms with Gasteiger partial charge in [-0.3, -0.25) is 4.57 Å². The van der Waals surface area contributed by atoms with E-state index in [0.29, 0.717) is 0 Å². The van der Waals surface area contributed by atoms with E-state index in [4.69, 9.17) is 9.46 Å². The van der Waals surface area contributed by atoms with Gasteiger partial charge in [0.2, 0.25) is 0 Å². The zero-order valence-electron chi connectivity index (χ0n) is 3.68. The first-order valence-electron chi connectivity index (χ1n) is 1.57. The Hall–Kier alpha value is 0.683. The van der Waals surface area contributed by atoms with Crippen LogP contribution in [-0.2, 0) is 22.9 Å². The molecule has 0 aromatic carbocycles. The van der Waals surface area contributed by atoms with E-state index < -0.39 is 8.69 Å². The number of rotatable bonds is 0. The third kappa shape index (κ3) is 136. The van der Waals surface area contributed by atoms with Gasteiger partial charge in [-0.05, 0) is 0 Å². The molecule has 0 spiro atoms. The van der Waals surface area contributed by atoms with Crippen molar-refractivity contribution in [3.63, 3.8) is 0 Å². The Morgan fingerprint density at radius 2 is 2.00 bits per heavy atom. The summed E-state index contributed by atoms with van der Waals surface area (Å²) in [5.74, 6) is 0. The standard InChI is InChI=1S/C2H5.HO2P.Zn/c1-2;1-3-2;/h1H2,2H3;(H,1,2);/q;;+1/p-1. The normalized spacial score (nSPS) is 6.67. The van der Waals surface area contributed by atoms with Gasteiger partial charge in [0.05, 0.1) is 8.69 Å². The molecule has 0 unspecified atom stereocenters. The fourth-order valence-electron chi connectivity index (χ4n) is 0. The predicted octanol–water partition coefficient (Wildman–Crippen LogP) is 0.525. The zero-order valence-corrected chi connectivity index (χ0v) is 7.54. The van der Waals surface area contributed by atoms with Crippen molar-refractivity contribution in [2.75, 3.05) is 0 Å². The summed E-state index contributed by atoms with van der Waals surface area (Å²) in [6.45, 7) is 2.18. The Bertz CT molecular complexity index is 25.5. The molecule has 6 heavy (non-hydrogen) atoms. The summed E-state index contributed by atoms with van der Waals surface area (Å²) >= 11 is 1.44. The van der Waals surface area contributed by atoms with E-state index in [1.807, 2.05) is 0 Å². The van der Waals surface area contributed by atoms with E-state index in [1.54, 1.807) is 0 Å². The van der Waals surface area contributed by atoms with E-state index >= 15 is 0 Å². The van der Waals surface area contributed by atoms with E-state index in [2.05, 4.69) is 6.92 Å². The van der Waals surface area contributed by atoms with Gasteiger partial charge >= 0.3 is 30.2 Å². The molecule has 0 amide bonds. The molecule has 4 heteroatoms. The molecule has 0 fully saturated rings. The second kappa shape index (κ2) is 17.3. The van der Waals surface area contributed by atoms with Crippen molar-refractivity contribution >= 4 is 8.69 Å². The summed E-state index contributed by atoms with van der Waals surface area (Å²) in [6, 6.07) is 0. The molecule has 0 aromatic heterocycles. The summed E-state index contributed by atoms with van der Waals surface area (Å²) in [7, 11) is -1.08. The first kappa shape index (κ1) is 9.84.